The Morgan fingerprint density at radius 1 is 0.452 bits per heavy atom. The van der Waals surface area contributed by atoms with Gasteiger partial charge < -0.3 is 23.1 Å². The van der Waals surface area contributed by atoms with E-state index in [4.69, 9.17) is 13.3 Å². The zero-order chi connectivity index (χ0) is 41.8. The maximum absolute atomic E-state index is 6.73. The minimum atomic E-state index is 0.000239. The lowest BCUT2D eigenvalue weighted by atomic mass is 9.59. The van der Waals surface area contributed by atoms with E-state index in [0.717, 1.165) is 116 Å². The second-order valence-corrected chi connectivity index (χ2v) is 19.3. The summed E-state index contributed by atoms with van der Waals surface area (Å²) >= 11 is 0. The highest BCUT2D eigenvalue weighted by Crippen LogP contribution is 2.44. The van der Waals surface area contributed by atoms with Gasteiger partial charge in [0.25, 0.3) is 0 Å². The van der Waals surface area contributed by atoms with Crippen molar-refractivity contribution in [3.8, 4) is 16.8 Å². The first-order chi connectivity index (χ1) is 29.9. The molecule has 13 rings (SSSR count). The van der Waals surface area contributed by atoms with Gasteiger partial charge in [-0.25, -0.2) is 0 Å². The molecule has 6 heteroatoms. The highest BCUT2D eigenvalue weighted by Gasteiger charge is 2.29. The van der Waals surface area contributed by atoms with Crippen molar-refractivity contribution in [2.45, 2.75) is 52.4 Å². The van der Waals surface area contributed by atoms with Crippen LogP contribution in [0.1, 0.15) is 52.7 Å². The first-order valence-corrected chi connectivity index (χ1v) is 21.6. The number of furan rings is 3. The number of aromatic nitrogens is 1. The van der Waals surface area contributed by atoms with Gasteiger partial charge in [0.2, 0.25) is 0 Å². The van der Waals surface area contributed by atoms with E-state index in [2.05, 4.69) is 186 Å². The van der Waals surface area contributed by atoms with E-state index in [1.165, 1.54) is 21.9 Å². The van der Waals surface area contributed by atoms with Crippen molar-refractivity contribution in [3.05, 3.63) is 151 Å². The van der Waals surface area contributed by atoms with Gasteiger partial charge in [-0.1, -0.05) is 120 Å². The first kappa shape index (κ1) is 35.6. The number of hydrogen-bond donors (Lipinski definition) is 1. The number of benzene rings is 8. The summed E-state index contributed by atoms with van der Waals surface area (Å²) in [5.41, 5.74) is 17.7. The number of nitrogens with zero attached hydrogens (tertiary/aromatic N) is 1. The van der Waals surface area contributed by atoms with E-state index in [1.807, 2.05) is 12.1 Å². The smallest absolute Gasteiger partial charge is 0.197 e. The van der Waals surface area contributed by atoms with Crippen molar-refractivity contribution in [3.63, 3.8) is 0 Å². The fourth-order valence-corrected chi connectivity index (χ4v) is 10.0. The van der Waals surface area contributed by atoms with Gasteiger partial charge in [0.1, 0.15) is 33.5 Å². The van der Waals surface area contributed by atoms with Crippen LogP contribution < -0.4 is 16.2 Å². The topological polar surface area (TPSA) is 56.4 Å². The SMILES string of the molecule is CC(C)(C)c1ccc(Nc2cc3c(cc2-c2ccc4c5cc6c(cc5n5c4c2[B]c2cc4c(cc2-5)oc2ccccc24)oc2ccccc26)oc2ccc(C(C)(C)C)cc23)cc1. The van der Waals surface area contributed by atoms with Crippen molar-refractivity contribution in [1.29, 1.82) is 0 Å². The van der Waals surface area contributed by atoms with E-state index in [1.54, 1.807) is 0 Å². The standard InChI is InChI=1S/C56H42BN2O3/c1-55(2,3)30-15-18-32(19-16-30)58-44-26-42-39-23-31(56(4,5)6)17-22-49(39)62-50(42)27-37(44)35-20-21-36-38-24-40-33-11-7-9-13-47(33)60-51(40)28-45(38)59-46-29-52-41(25-43(46)57-53(35)54(36)59)34-12-8-10-14-48(34)61-52/h7-29,58H,1-6H3. The third-order valence-corrected chi connectivity index (χ3v) is 13.3. The number of hydrogen-bond acceptors (Lipinski definition) is 4. The Bertz CT molecular complexity index is 3880. The maximum atomic E-state index is 6.73. The molecule has 1 aliphatic rings. The number of fused-ring (bicyclic) bond motifs is 14. The van der Waals surface area contributed by atoms with Crippen molar-refractivity contribution < 1.29 is 13.3 Å². The number of rotatable bonds is 3. The van der Waals surface area contributed by atoms with Crippen LogP contribution in [0.2, 0.25) is 0 Å². The summed E-state index contributed by atoms with van der Waals surface area (Å²) in [7, 11) is 2.38. The lowest BCUT2D eigenvalue weighted by Gasteiger charge is -2.24. The molecule has 0 fully saturated rings. The first-order valence-electron chi connectivity index (χ1n) is 21.6. The predicted molar refractivity (Wildman–Crippen MR) is 260 cm³/mol. The Hall–Kier alpha value is -7.18. The third kappa shape index (κ3) is 5.10. The molecule has 5 heterocycles. The molecule has 12 aromatic rings. The van der Waals surface area contributed by atoms with Gasteiger partial charge in [0, 0.05) is 83.4 Å². The Morgan fingerprint density at radius 2 is 1.05 bits per heavy atom. The van der Waals surface area contributed by atoms with Gasteiger partial charge in [0.05, 0.1) is 5.52 Å². The summed E-state index contributed by atoms with van der Waals surface area (Å²) in [4.78, 5) is 0. The van der Waals surface area contributed by atoms with Crippen LogP contribution in [-0.4, -0.2) is 11.8 Å². The van der Waals surface area contributed by atoms with E-state index in [9.17, 15) is 0 Å². The summed E-state index contributed by atoms with van der Waals surface area (Å²) < 4.78 is 22.2. The molecule has 0 spiro atoms. The fraction of sp³-hybridized carbons (Fsp3) is 0.143. The maximum Gasteiger partial charge on any atom is 0.197 e. The third-order valence-electron chi connectivity index (χ3n) is 13.3. The molecule has 0 atom stereocenters. The minimum absolute atomic E-state index is 0.000239. The van der Waals surface area contributed by atoms with E-state index >= 15 is 0 Å². The van der Waals surface area contributed by atoms with Crippen LogP contribution in [-0.2, 0) is 10.8 Å². The monoisotopic (exact) mass is 801 g/mol. The average molecular weight is 802 g/mol. The molecule has 1 aliphatic heterocycles. The summed E-state index contributed by atoms with van der Waals surface area (Å²) in [6.45, 7) is 13.6. The van der Waals surface area contributed by atoms with Crippen LogP contribution in [0.15, 0.2) is 153 Å². The molecular weight excluding hydrogens is 759 g/mol. The molecule has 4 aromatic heterocycles. The Labute approximate surface area is 358 Å². The fourth-order valence-electron chi connectivity index (χ4n) is 10.0. The van der Waals surface area contributed by atoms with Crippen LogP contribution >= 0.6 is 0 Å². The summed E-state index contributed by atoms with van der Waals surface area (Å²) in [5.74, 6) is 0. The molecule has 0 bridgehead atoms. The van der Waals surface area contributed by atoms with Crippen molar-refractivity contribution in [1.82, 2.24) is 4.57 Å². The molecular formula is C56H42BN2O3. The molecule has 62 heavy (non-hydrogen) atoms. The van der Waals surface area contributed by atoms with E-state index in [-0.39, 0.29) is 10.8 Å². The molecule has 0 amide bonds. The zero-order valence-corrected chi connectivity index (χ0v) is 35.5. The van der Waals surface area contributed by atoms with Crippen LogP contribution in [0.25, 0.3) is 104 Å². The van der Waals surface area contributed by atoms with E-state index < -0.39 is 0 Å². The van der Waals surface area contributed by atoms with Crippen LogP contribution in [0, 0.1) is 0 Å². The van der Waals surface area contributed by atoms with Crippen molar-refractivity contribution in [2.24, 2.45) is 0 Å². The highest BCUT2D eigenvalue weighted by atomic mass is 16.3. The molecule has 1 N–H and O–H groups in total. The number of nitrogens with one attached hydrogen (secondary N) is 1. The quantitative estimate of drug-likeness (QED) is 0.181. The molecule has 297 valence electrons. The largest absolute Gasteiger partial charge is 0.456 e. The summed E-state index contributed by atoms with van der Waals surface area (Å²) in [5, 5.41) is 12.9. The molecule has 0 unspecified atom stereocenters. The van der Waals surface area contributed by atoms with Gasteiger partial charge in [0.15, 0.2) is 7.28 Å². The van der Waals surface area contributed by atoms with Gasteiger partial charge in [-0.15, -0.1) is 0 Å². The lowest BCUT2D eigenvalue weighted by molar-refractivity contribution is 0.590. The van der Waals surface area contributed by atoms with Crippen molar-refractivity contribution in [2.75, 3.05) is 5.32 Å². The highest BCUT2D eigenvalue weighted by molar-refractivity contribution is 6.73. The summed E-state index contributed by atoms with van der Waals surface area (Å²) in [6, 6.07) is 50.4. The Kier molecular flexibility index (Phi) is 7.02. The van der Waals surface area contributed by atoms with Crippen LogP contribution in [0.4, 0.5) is 11.4 Å². The number of para-hydroxylation sites is 2. The van der Waals surface area contributed by atoms with Crippen molar-refractivity contribution >= 4 is 117 Å². The molecule has 0 aliphatic carbocycles. The van der Waals surface area contributed by atoms with Gasteiger partial charge in [-0.3, -0.25) is 0 Å². The molecule has 8 aromatic carbocycles. The van der Waals surface area contributed by atoms with Gasteiger partial charge in [-0.05, 0) is 87.6 Å². The van der Waals surface area contributed by atoms with Gasteiger partial charge in [-0.2, -0.15) is 0 Å². The van der Waals surface area contributed by atoms with Crippen LogP contribution in [0.5, 0.6) is 0 Å². The molecule has 0 saturated carbocycles. The Balaban J connectivity index is 1.10. The normalized spacial score (nSPS) is 13.1. The second kappa shape index (κ2) is 12.2. The molecule has 0 saturated heterocycles. The zero-order valence-electron chi connectivity index (χ0n) is 35.5. The minimum Gasteiger partial charge on any atom is -0.456 e. The average Bonchev–Trinajstić information content (AvgIpc) is 4.00. The molecule has 5 nitrogen and oxygen atoms in total. The molecule has 1 radical (unpaired) electrons. The van der Waals surface area contributed by atoms with E-state index in [0.29, 0.717) is 0 Å². The van der Waals surface area contributed by atoms with Gasteiger partial charge >= 0.3 is 0 Å². The lowest BCUT2D eigenvalue weighted by Crippen LogP contribution is -2.37. The number of anilines is 2. The van der Waals surface area contributed by atoms with Crippen LogP contribution in [0.3, 0.4) is 0 Å². The Morgan fingerprint density at radius 3 is 1.76 bits per heavy atom. The predicted octanol–water partition coefficient (Wildman–Crippen LogP) is 14.5. The second-order valence-electron chi connectivity index (χ2n) is 19.3. The summed E-state index contributed by atoms with van der Waals surface area (Å²) in [6.07, 6.45) is 0.